The van der Waals surface area contributed by atoms with Gasteiger partial charge in [0.2, 0.25) is 0 Å². The molecular formula is C13H14N6O. The summed E-state index contributed by atoms with van der Waals surface area (Å²) in [5, 5.41) is 4.23. The van der Waals surface area contributed by atoms with E-state index in [-0.39, 0.29) is 0 Å². The van der Waals surface area contributed by atoms with Crippen molar-refractivity contribution in [3.63, 3.8) is 0 Å². The van der Waals surface area contributed by atoms with Crippen molar-refractivity contribution in [3.8, 4) is 6.01 Å². The Bertz CT molecular complexity index is 721. The average Bonchev–Trinajstić information content (AvgIpc) is 2.86. The van der Waals surface area contributed by atoms with Crippen molar-refractivity contribution in [1.29, 1.82) is 0 Å². The number of methoxy groups -OCH3 is 1. The van der Waals surface area contributed by atoms with Gasteiger partial charge in [-0.2, -0.15) is 0 Å². The molecule has 0 amide bonds. The van der Waals surface area contributed by atoms with E-state index in [9.17, 15) is 0 Å². The Balaban J connectivity index is 1.79. The molecule has 3 aromatic heterocycles. The number of rotatable bonds is 4. The summed E-state index contributed by atoms with van der Waals surface area (Å²) in [4.78, 5) is 19.8. The van der Waals surface area contributed by atoms with Crippen LogP contribution in [0.2, 0.25) is 0 Å². The predicted molar refractivity (Wildman–Crippen MR) is 74.5 cm³/mol. The summed E-state index contributed by atoms with van der Waals surface area (Å²) in [5.41, 5.74) is 2.83. The van der Waals surface area contributed by atoms with E-state index in [0.29, 0.717) is 12.6 Å². The highest BCUT2D eigenvalue weighted by Crippen LogP contribution is 2.20. The number of hydrogen-bond acceptors (Lipinski definition) is 6. The molecule has 0 aliphatic heterocycles. The molecule has 7 nitrogen and oxygen atoms in total. The van der Waals surface area contributed by atoms with Crippen molar-refractivity contribution in [2.45, 2.75) is 13.5 Å². The van der Waals surface area contributed by atoms with Gasteiger partial charge in [0.15, 0.2) is 0 Å². The predicted octanol–water partition coefficient (Wildman–Crippen LogP) is 1.68. The van der Waals surface area contributed by atoms with Crippen LogP contribution in [0.5, 0.6) is 6.01 Å². The van der Waals surface area contributed by atoms with Crippen molar-refractivity contribution >= 4 is 16.9 Å². The van der Waals surface area contributed by atoms with Crippen LogP contribution in [-0.4, -0.2) is 32.0 Å². The van der Waals surface area contributed by atoms with Gasteiger partial charge < -0.3 is 15.0 Å². The maximum absolute atomic E-state index is 4.92. The third-order valence-corrected chi connectivity index (χ3v) is 2.88. The van der Waals surface area contributed by atoms with Gasteiger partial charge >= 0.3 is 6.01 Å². The Morgan fingerprint density at radius 2 is 2.00 bits per heavy atom. The van der Waals surface area contributed by atoms with Crippen LogP contribution in [-0.2, 0) is 6.54 Å². The van der Waals surface area contributed by atoms with Crippen LogP contribution in [0.1, 0.15) is 11.3 Å². The van der Waals surface area contributed by atoms with Gasteiger partial charge in [0.05, 0.1) is 12.5 Å². The summed E-state index contributed by atoms with van der Waals surface area (Å²) in [6, 6.07) is 2.38. The number of hydrogen-bond donors (Lipinski definition) is 2. The molecule has 0 saturated carbocycles. The van der Waals surface area contributed by atoms with Crippen LogP contribution >= 0.6 is 0 Å². The molecule has 0 radical (unpaired) electrons. The van der Waals surface area contributed by atoms with Gasteiger partial charge in [-0.3, -0.25) is 0 Å². The largest absolute Gasteiger partial charge is 0.467 e. The van der Waals surface area contributed by atoms with Crippen LogP contribution < -0.4 is 10.1 Å². The van der Waals surface area contributed by atoms with Crippen LogP contribution in [0.15, 0.2) is 24.8 Å². The Kier molecular flexibility index (Phi) is 3.16. The molecule has 7 heteroatoms. The highest BCUT2D eigenvalue weighted by atomic mass is 16.5. The van der Waals surface area contributed by atoms with E-state index >= 15 is 0 Å². The van der Waals surface area contributed by atoms with Gasteiger partial charge in [-0.25, -0.2) is 19.9 Å². The minimum atomic E-state index is 0.361. The van der Waals surface area contributed by atoms with Crippen molar-refractivity contribution in [1.82, 2.24) is 24.9 Å². The topological polar surface area (TPSA) is 88.6 Å². The summed E-state index contributed by atoms with van der Waals surface area (Å²) in [6.07, 6.45) is 4.98. The molecule has 2 N–H and O–H groups in total. The molecule has 0 atom stereocenters. The molecular weight excluding hydrogens is 256 g/mol. The zero-order valence-corrected chi connectivity index (χ0v) is 11.2. The number of aromatic amines is 1. The van der Waals surface area contributed by atoms with Crippen LogP contribution in [0.4, 0.5) is 5.82 Å². The molecule has 0 aromatic carbocycles. The van der Waals surface area contributed by atoms with E-state index in [1.165, 1.54) is 6.33 Å². The van der Waals surface area contributed by atoms with Gasteiger partial charge in [0.1, 0.15) is 17.8 Å². The Hall–Kier alpha value is -2.70. The second-order valence-electron chi connectivity index (χ2n) is 4.37. The third kappa shape index (κ3) is 2.37. The summed E-state index contributed by atoms with van der Waals surface area (Å²) in [6.45, 7) is 2.57. The third-order valence-electron chi connectivity index (χ3n) is 2.88. The molecule has 20 heavy (non-hydrogen) atoms. The Morgan fingerprint density at radius 1 is 1.20 bits per heavy atom. The zero-order valence-electron chi connectivity index (χ0n) is 11.2. The SMILES string of the molecule is COc1ncc(CNc2ncnc3[nH]c(C)cc23)cn1. The van der Waals surface area contributed by atoms with E-state index < -0.39 is 0 Å². The van der Waals surface area contributed by atoms with E-state index in [4.69, 9.17) is 4.74 Å². The number of fused-ring (bicyclic) bond motifs is 1. The van der Waals surface area contributed by atoms with Crippen LogP contribution in [0.3, 0.4) is 0 Å². The first-order valence-electron chi connectivity index (χ1n) is 6.15. The molecule has 0 unspecified atom stereocenters. The second kappa shape index (κ2) is 5.12. The molecule has 0 spiro atoms. The number of anilines is 1. The molecule has 3 heterocycles. The lowest BCUT2D eigenvalue weighted by Gasteiger charge is -2.06. The Morgan fingerprint density at radius 3 is 2.75 bits per heavy atom. The van der Waals surface area contributed by atoms with E-state index in [0.717, 1.165) is 28.1 Å². The van der Waals surface area contributed by atoms with Crippen molar-refractivity contribution in [2.24, 2.45) is 0 Å². The first kappa shape index (κ1) is 12.3. The second-order valence-corrected chi connectivity index (χ2v) is 4.37. The fraction of sp³-hybridized carbons (Fsp3) is 0.231. The number of H-pyrrole nitrogens is 1. The lowest BCUT2D eigenvalue weighted by Crippen LogP contribution is -2.03. The monoisotopic (exact) mass is 270 g/mol. The highest BCUT2D eigenvalue weighted by Gasteiger charge is 2.06. The molecule has 102 valence electrons. The average molecular weight is 270 g/mol. The number of ether oxygens (including phenoxy) is 1. The van der Waals surface area contributed by atoms with Gasteiger partial charge in [-0.05, 0) is 13.0 Å². The Labute approximate surface area is 115 Å². The normalized spacial score (nSPS) is 10.7. The molecule has 3 aromatic rings. The number of aromatic nitrogens is 5. The molecule has 0 bridgehead atoms. The minimum absolute atomic E-state index is 0.361. The maximum Gasteiger partial charge on any atom is 0.316 e. The number of aryl methyl sites for hydroxylation is 1. The number of nitrogens with one attached hydrogen (secondary N) is 2. The maximum atomic E-state index is 4.92. The molecule has 0 aliphatic rings. The molecule has 3 rings (SSSR count). The highest BCUT2D eigenvalue weighted by molar-refractivity contribution is 5.87. The fourth-order valence-corrected chi connectivity index (χ4v) is 1.94. The van der Waals surface area contributed by atoms with Crippen molar-refractivity contribution in [2.75, 3.05) is 12.4 Å². The van der Waals surface area contributed by atoms with Crippen LogP contribution in [0.25, 0.3) is 11.0 Å². The molecule has 0 aliphatic carbocycles. The van der Waals surface area contributed by atoms with Crippen molar-refractivity contribution < 1.29 is 4.74 Å². The lowest BCUT2D eigenvalue weighted by molar-refractivity contribution is 0.379. The molecule has 0 fully saturated rings. The van der Waals surface area contributed by atoms with Gasteiger partial charge in [0, 0.05) is 30.2 Å². The van der Waals surface area contributed by atoms with Gasteiger partial charge in [-0.1, -0.05) is 0 Å². The first-order valence-corrected chi connectivity index (χ1v) is 6.15. The van der Waals surface area contributed by atoms with E-state index in [1.807, 2.05) is 13.0 Å². The van der Waals surface area contributed by atoms with Crippen molar-refractivity contribution in [3.05, 3.63) is 36.0 Å². The van der Waals surface area contributed by atoms with Gasteiger partial charge in [-0.15, -0.1) is 0 Å². The fourth-order valence-electron chi connectivity index (χ4n) is 1.94. The zero-order chi connectivity index (χ0) is 13.9. The van der Waals surface area contributed by atoms with Gasteiger partial charge in [0.25, 0.3) is 0 Å². The van der Waals surface area contributed by atoms with E-state index in [2.05, 4.69) is 30.2 Å². The quantitative estimate of drug-likeness (QED) is 0.749. The number of nitrogens with zero attached hydrogens (tertiary/aromatic N) is 4. The standard InChI is InChI=1S/C13H14N6O/c1-8-3-10-11(17-7-18-12(10)19-8)14-4-9-5-15-13(20-2)16-6-9/h3,5-7H,4H2,1-2H3,(H2,14,17,18,19). The summed E-state index contributed by atoms with van der Waals surface area (Å²) < 4.78 is 4.92. The first-order chi connectivity index (χ1) is 9.76. The summed E-state index contributed by atoms with van der Waals surface area (Å²) in [7, 11) is 1.54. The summed E-state index contributed by atoms with van der Waals surface area (Å²) in [5.74, 6) is 0.787. The van der Waals surface area contributed by atoms with E-state index in [1.54, 1.807) is 19.5 Å². The smallest absolute Gasteiger partial charge is 0.316 e. The minimum Gasteiger partial charge on any atom is -0.467 e. The molecule has 0 saturated heterocycles. The van der Waals surface area contributed by atoms with Crippen LogP contribution in [0, 0.1) is 6.92 Å². The summed E-state index contributed by atoms with van der Waals surface area (Å²) >= 11 is 0. The lowest BCUT2D eigenvalue weighted by atomic mass is 10.3.